The van der Waals surface area contributed by atoms with Crippen molar-refractivity contribution in [3.8, 4) is 0 Å². The lowest BCUT2D eigenvalue weighted by molar-refractivity contribution is 0.183. The first-order valence-corrected chi connectivity index (χ1v) is 15.4. The molecule has 0 amide bonds. The van der Waals surface area contributed by atoms with Gasteiger partial charge in [-0.15, -0.1) is 0 Å². The Bertz CT molecular complexity index is 298. The summed E-state index contributed by atoms with van der Waals surface area (Å²) in [6.45, 7) is 19.2. The second-order valence-electron chi connectivity index (χ2n) is 6.84. The highest BCUT2D eigenvalue weighted by atomic mass is 28.4. The molecule has 26 heavy (non-hydrogen) atoms. The van der Waals surface area contributed by atoms with Crippen LogP contribution in [0.1, 0.15) is 40.5 Å². The first kappa shape index (κ1) is 26.2. The molecule has 8 heteroatoms. The van der Waals surface area contributed by atoms with Gasteiger partial charge >= 0.3 is 17.1 Å². The average molecular weight is 409 g/mol. The summed E-state index contributed by atoms with van der Waals surface area (Å²) in [4.78, 5) is 2.46. The molecule has 2 N–H and O–H groups in total. The molecular formula is C18H44N2O4Si2. The SMILES string of the molecule is CCO[Si](C)(CCCN(CCN)CCC[Si](C)(OCC)OCC)OCC. The standard InChI is InChI=1S/C18H44N2O4Si2/c1-7-21-25(5,22-8-2)17-11-14-20(16-13-19)15-12-18-26(6,23-9-3)24-10-4/h7-19H2,1-6H3. The monoisotopic (exact) mass is 408 g/mol. The molecule has 0 saturated carbocycles. The van der Waals surface area contributed by atoms with Crippen LogP contribution in [0.25, 0.3) is 0 Å². The summed E-state index contributed by atoms with van der Waals surface area (Å²) >= 11 is 0. The summed E-state index contributed by atoms with van der Waals surface area (Å²) in [7, 11) is -4.03. The zero-order chi connectivity index (χ0) is 19.9. The van der Waals surface area contributed by atoms with Gasteiger partial charge in [-0.2, -0.15) is 0 Å². The molecule has 0 saturated heterocycles. The highest BCUT2D eigenvalue weighted by Crippen LogP contribution is 2.18. The highest BCUT2D eigenvalue weighted by molar-refractivity contribution is 6.66. The molecule has 6 nitrogen and oxygen atoms in total. The second-order valence-corrected chi connectivity index (χ2v) is 13.5. The Kier molecular flexibility index (Phi) is 15.3. The molecule has 0 aliphatic rings. The van der Waals surface area contributed by atoms with Crippen LogP contribution in [0.4, 0.5) is 0 Å². The van der Waals surface area contributed by atoms with E-state index in [1.807, 2.05) is 27.7 Å². The Balaban J connectivity index is 4.38. The minimum absolute atomic E-state index is 0.692. The first-order chi connectivity index (χ1) is 12.4. The number of hydrogen-bond donors (Lipinski definition) is 1. The molecule has 0 atom stereocenters. The molecule has 0 aliphatic heterocycles. The zero-order valence-corrected chi connectivity index (χ0v) is 20.1. The van der Waals surface area contributed by atoms with E-state index in [1.54, 1.807) is 0 Å². The summed E-state index contributed by atoms with van der Waals surface area (Å²) < 4.78 is 23.7. The summed E-state index contributed by atoms with van der Waals surface area (Å²) in [6, 6.07) is 2.06. The maximum atomic E-state index is 5.94. The molecule has 0 aliphatic carbocycles. The minimum Gasteiger partial charge on any atom is -0.395 e. The number of hydrogen-bond acceptors (Lipinski definition) is 6. The largest absolute Gasteiger partial charge is 0.395 e. The molecule has 0 radical (unpaired) electrons. The molecule has 0 fully saturated rings. The van der Waals surface area contributed by atoms with E-state index in [1.165, 1.54) is 0 Å². The van der Waals surface area contributed by atoms with Gasteiger partial charge in [0.25, 0.3) is 0 Å². The fourth-order valence-corrected chi connectivity index (χ4v) is 8.15. The maximum absolute atomic E-state index is 5.94. The van der Waals surface area contributed by atoms with Crippen molar-refractivity contribution in [3.05, 3.63) is 0 Å². The van der Waals surface area contributed by atoms with Gasteiger partial charge in [0.05, 0.1) is 0 Å². The van der Waals surface area contributed by atoms with Gasteiger partial charge < -0.3 is 28.3 Å². The van der Waals surface area contributed by atoms with Crippen LogP contribution in [0.15, 0.2) is 0 Å². The molecule has 0 heterocycles. The van der Waals surface area contributed by atoms with Crippen LogP contribution in [-0.4, -0.2) is 74.6 Å². The van der Waals surface area contributed by atoms with E-state index in [9.17, 15) is 0 Å². The Labute approximate surface area is 164 Å². The van der Waals surface area contributed by atoms with Crippen LogP contribution < -0.4 is 5.73 Å². The Hall–Kier alpha value is 0.194. The molecular weight excluding hydrogens is 364 g/mol. The van der Waals surface area contributed by atoms with Crippen molar-refractivity contribution in [1.29, 1.82) is 0 Å². The van der Waals surface area contributed by atoms with Crippen molar-refractivity contribution in [2.75, 3.05) is 52.6 Å². The molecule has 0 aromatic rings. The lowest BCUT2D eigenvalue weighted by atomic mass is 10.3. The molecule has 0 aromatic carbocycles. The van der Waals surface area contributed by atoms with Gasteiger partial charge in [0, 0.05) is 39.5 Å². The molecule has 0 rings (SSSR count). The Morgan fingerprint density at radius 1 is 0.654 bits per heavy atom. The van der Waals surface area contributed by atoms with E-state index < -0.39 is 17.1 Å². The van der Waals surface area contributed by atoms with Gasteiger partial charge in [-0.1, -0.05) is 0 Å². The first-order valence-electron chi connectivity index (χ1n) is 10.4. The van der Waals surface area contributed by atoms with Gasteiger partial charge in [-0.25, -0.2) is 0 Å². The van der Waals surface area contributed by atoms with E-state index in [-0.39, 0.29) is 0 Å². The fourth-order valence-electron chi connectivity index (χ4n) is 3.36. The predicted octanol–water partition coefficient (Wildman–Crippen LogP) is 3.32. The van der Waals surface area contributed by atoms with Crippen molar-refractivity contribution >= 4 is 17.1 Å². The lowest BCUT2D eigenvalue weighted by Gasteiger charge is -2.29. The van der Waals surface area contributed by atoms with Gasteiger partial charge in [-0.05, 0) is 78.8 Å². The van der Waals surface area contributed by atoms with Crippen LogP contribution >= 0.6 is 0 Å². The Morgan fingerprint density at radius 2 is 1.00 bits per heavy atom. The van der Waals surface area contributed by atoms with Crippen molar-refractivity contribution in [1.82, 2.24) is 4.90 Å². The zero-order valence-electron chi connectivity index (χ0n) is 18.1. The van der Waals surface area contributed by atoms with Crippen LogP contribution in [0.3, 0.4) is 0 Å². The summed E-state index contributed by atoms with van der Waals surface area (Å²) in [5.41, 5.74) is 5.81. The number of nitrogens with two attached hydrogens (primary N) is 1. The third-order valence-corrected chi connectivity index (χ3v) is 10.6. The second kappa shape index (κ2) is 15.2. The Morgan fingerprint density at radius 3 is 1.27 bits per heavy atom. The van der Waals surface area contributed by atoms with Gasteiger partial charge in [0.15, 0.2) is 0 Å². The van der Waals surface area contributed by atoms with E-state index in [2.05, 4.69) is 18.0 Å². The summed E-state index contributed by atoms with van der Waals surface area (Å²) in [5.74, 6) is 0. The van der Waals surface area contributed by atoms with Crippen LogP contribution in [0.2, 0.25) is 25.2 Å². The van der Waals surface area contributed by atoms with Crippen molar-refractivity contribution < 1.29 is 17.7 Å². The lowest BCUT2D eigenvalue weighted by Crippen LogP contribution is -2.41. The van der Waals surface area contributed by atoms with Crippen LogP contribution in [0.5, 0.6) is 0 Å². The number of rotatable bonds is 18. The van der Waals surface area contributed by atoms with E-state index in [0.717, 1.165) is 71.0 Å². The summed E-state index contributed by atoms with van der Waals surface area (Å²) in [6.07, 6.45) is 2.18. The maximum Gasteiger partial charge on any atom is 0.334 e. The minimum atomic E-state index is -2.01. The normalized spacial score (nSPS) is 12.9. The smallest absolute Gasteiger partial charge is 0.334 e. The molecule has 0 spiro atoms. The van der Waals surface area contributed by atoms with Gasteiger partial charge in [0.2, 0.25) is 0 Å². The van der Waals surface area contributed by atoms with Gasteiger partial charge in [0.1, 0.15) is 0 Å². The summed E-state index contributed by atoms with van der Waals surface area (Å²) in [5, 5.41) is 0. The van der Waals surface area contributed by atoms with E-state index in [4.69, 9.17) is 23.4 Å². The van der Waals surface area contributed by atoms with Crippen molar-refractivity contribution in [2.24, 2.45) is 5.73 Å². The fraction of sp³-hybridized carbons (Fsp3) is 1.00. The molecule has 0 bridgehead atoms. The van der Waals surface area contributed by atoms with Crippen LogP contribution in [0, 0.1) is 0 Å². The van der Waals surface area contributed by atoms with Crippen molar-refractivity contribution in [3.63, 3.8) is 0 Å². The highest BCUT2D eigenvalue weighted by Gasteiger charge is 2.31. The predicted molar refractivity (Wildman–Crippen MR) is 114 cm³/mol. The van der Waals surface area contributed by atoms with E-state index >= 15 is 0 Å². The topological polar surface area (TPSA) is 66.2 Å². The quantitative estimate of drug-likeness (QED) is 0.351. The third-order valence-electron chi connectivity index (χ3n) is 4.45. The molecule has 0 aromatic heterocycles. The van der Waals surface area contributed by atoms with Gasteiger partial charge in [-0.3, -0.25) is 0 Å². The number of nitrogens with zero attached hydrogens (tertiary/aromatic N) is 1. The van der Waals surface area contributed by atoms with Crippen LogP contribution in [-0.2, 0) is 17.7 Å². The van der Waals surface area contributed by atoms with Crippen molar-refractivity contribution in [2.45, 2.75) is 65.7 Å². The average Bonchev–Trinajstić information content (AvgIpc) is 2.55. The molecule has 158 valence electrons. The third kappa shape index (κ3) is 11.8. The molecule has 0 unspecified atom stereocenters. The van der Waals surface area contributed by atoms with E-state index in [0.29, 0.717) is 6.54 Å².